The van der Waals surface area contributed by atoms with Gasteiger partial charge in [0.2, 0.25) is 0 Å². The molecule has 0 aliphatic heterocycles. The molecule has 1 aliphatic carbocycles. The summed E-state index contributed by atoms with van der Waals surface area (Å²) in [6.45, 7) is 3.35. The monoisotopic (exact) mass is 252 g/mol. The molecule has 0 bridgehead atoms. The molecule has 0 amide bonds. The highest BCUT2D eigenvalue weighted by molar-refractivity contribution is 7.09. The zero-order valence-electron chi connectivity index (χ0n) is 10.8. The number of hydrogen-bond donors (Lipinski definition) is 1. The molecule has 3 heteroatoms. The van der Waals surface area contributed by atoms with E-state index in [0.717, 1.165) is 12.6 Å². The number of aromatic nitrogens is 1. The third-order valence-electron chi connectivity index (χ3n) is 3.69. The molecule has 1 atom stereocenters. The van der Waals surface area contributed by atoms with Crippen LogP contribution < -0.4 is 5.32 Å². The molecule has 96 valence electrons. The van der Waals surface area contributed by atoms with Crippen LogP contribution in [0.4, 0.5) is 0 Å². The van der Waals surface area contributed by atoms with Gasteiger partial charge in [-0.3, -0.25) is 0 Å². The normalized spacial score (nSPS) is 20.8. The molecule has 1 aliphatic rings. The number of hydrogen-bond acceptors (Lipinski definition) is 3. The van der Waals surface area contributed by atoms with E-state index in [1.807, 2.05) is 6.20 Å². The average molecular weight is 252 g/mol. The fourth-order valence-electron chi connectivity index (χ4n) is 2.57. The third-order valence-corrected chi connectivity index (χ3v) is 4.70. The first kappa shape index (κ1) is 13.0. The largest absolute Gasteiger partial charge is 0.313 e. The maximum absolute atomic E-state index is 4.39. The summed E-state index contributed by atoms with van der Waals surface area (Å²) in [7, 11) is 0. The van der Waals surface area contributed by atoms with Crippen LogP contribution in [-0.4, -0.2) is 17.6 Å². The lowest BCUT2D eigenvalue weighted by Crippen LogP contribution is -2.32. The van der Waals surface area contributed by atoms with Crippen molar-refractivity contribution in [3.8, 4) is 0 Å². The Morgan fingerprint density at radius 1 is 1.29 bits per heavy atom. The quantitative estimate of drug-likeness (QED) is 0.877. The van der Waals surface area contributed by atoms with Gasteiger partial charge >= 0.3 is 0 Å². The third kappa shape index (κ3) is 4.40. The number of rotatable bonds is 4. The molecule has 1 heterocycles. The van der Waals surface area contributed by atoms with Crippen molar-refractivity contribution in [1.29, 1.82) is 0 Å². The Kier molecular flexibility index (Phi) is 5.46. The molecule has 0 radical (unpaired) electrons. The average Bonchev–Trinajstić information content (AvgIpc) is 2.80. The van der Waals surface area contributed by atoms with Crippen molar-refractivity contribution in [3.63, 3.8) is 0 Å². The summed E-state index contributed by atoms with van der Waals surface area (Å²) < 4.78 is 0. The van der Waals surface area contributed by atoms with Gasteiger partial charge in [-0.15, -0.1) is 11.3 Å². The molecule has 0 spiro atoms. The Bertz CT molecular complexity index is 289. The highest BCUT2D eigenvalue weighted by Crippen LogP contribution is 2.20. The summed E-state index contributed by atoms with van der Waals surface area (Å²) in [4.78, 5) is 4.39. The first-order valence-corrected chi connectivity index (χ1v) is 7.87. The van der Waals surface area contributed by atoms with E-state index in [-0.39, 0.29) is 0 Å². The van der Waals surface area contributed by atoms with Gasteiger partial charge in [-0.25, -0.2) is 4.98 Å². The predicted molar refractivity (Wildman–Crippen MR) is 74.6 cm³/mol. The van der Waals surface area contributed by atoms with Crippen molar-refractivity contribution >= 4 is 11.3 Å². The van der Waals surface area contributed by atoms with Crippen LogP contribution >= 0.6 is 11.3 Å². The lowest BCUT2D eigenvalue weighted by Gasteiger charge is -2.22. The van der Waals surface area contributed by atoms with Gasteiger partial charge in [0.05, 0.1) is 5.01 Å². The van der Waals surface area contributed by atoms with Gasteiger partial charge in [0.15, 0.2) is 0 Å². The Balaban J connectivity index is 1.72. The van der Waals surface area contributed by atoms with E-state index in [1.54, 1.807) is 11.3 Å². The van der Waals surface area contributed by atoms with Crippen molar-refractivity contribution in [3.05, 3.63) is 16.6 Å². The van der Waals surface area contributed by atoms with Crippen LogP contribution in [-0.2, 0) is 0 Å². The SMILES string of the molecule is CC(CNC1CCCCCCC1)c1nccs1. The summed E-state index contributed by atoms with van der Waals surface area (Å²) in [5.41, 5.74) is 0. The van der Waals surface area contributed by atoms with E-state index in [1.165, 1.54) is 50.0 Å². The van der Waals surface area contributed by atoms with Crippen molar-refractivity contribution in [2.75, 3.05) is 6.54 Å². The fourth-order valence-corrected chi connectivity index (χ4v) is 3.27. The molecule has 2 nitrogen and oxygen atoms in total. The predicted octanol–water partition coefficient (Wildman–Crippen LogP) is 3.95. The summed E-state index contributed by atoms with van der Waals surface area (Å²) in [6.07, 6.45) is 11.8. The fraction of sp³-hybridized carbons (Fsp3) is 0.786. The van der Waals surface area contributed by atoms with Crippen LogP contribution in [0, 0.1) is 0 Å². The second-order valence-electron chi connectivity index (χ2n) is 5.22. The molecule has 2 rings (SSSR count). The number of thiazole rings is 1. The molecule has 1 aromatic rings. The molecule has 1 fully saturated rings. The van der Waals surface area contributed by atoms with Gasteiger partial charge in [-0.2, -0.15) is 0 Å². The molecule has 17 heavy (non-hydrogen) atoms. The number of nitrogens with zero attached hydrogens (tertiary/aromatic N) is 1. The van der Waals surface area contributed by atoms with Crippen molar-refractivity contribution in [2.24, 2.45) is 0 Å². The van der Waals surface area contributed by atoms with Crippen LogP contribution in [0.1, 0.15) is 62.8 Å². The summed E-state index contributed by atoms with van der Waals surface area (Å²) >= 11 is 1.77. The first-order valence-electron chi connectivity index (χ1n) is 6.99. The summed E-state index contributed by atoms with van der Waals surface area (Å²) in [5.74, 6) is 0.556. The van der Waals surface area contributed by atoms with E-state index < -0.39 is 0 Å². The van der Waals surface area contributed by atoms with E-state index in [0.29, 0.717) is 5.92 Å². The maximum Gasteiger partial charge on any atom is 0.0965 e. The second kappa shape index (κ2) is 7.12. The highest BCUT2D eigenvalue weighted by atomic mass is 32.1. The van der Waals surface area contributed by atoms with Crippen molar-refractivity contribution in [2.45, 2.75) is 63.8 Å². The van der Waals surface area contributed by atoms with E-state index in [2.05, 4.69) is 22.6 Å². The Hall–Kier alpha value is -0.410. The Labute approximate surface area is 109 Å². The Morgan fingerprint density at radius 2 is 2.00 bits per heavy atom. The lowest BCUT2D eigenvalue weighted by molar-refractivity contribution is 0.383. The van der Waals surface area contributed by atoms with Gasteiger partial charge in [0.25, 0.3) is 0 Å². The van der Waals surface area contributed by atoms with Crippen LogP contribution in [0.3, 0.4) is 0 Å². The minimum Gasteiger partial charge on any atom is -0.313 e. The maximum atomic E-state index is 4.39. The topological polar surface area (TPSA) is 24.9 Å². The second-order valence-corrected chi connectivity index (χ2v) is 6.15. The molecular formula is C14H24N2S. The van der Waals surface area contributed by atoms with E-state index >= 15 is 0 Å². The molecule has 1 N–H and O–H groups in total. The van der Waals surface area contributed by atoms with Crippen LogP contribution in [0.2, 0.25) is 0 Å². The standard InChI is InChI=1S/C14H24N2S/c1-12(14-15-9-10-17-14)11-16-13-7-5-3-2-4-6-8-13/h9-10,12-13,16H,2-8,11H2,1H3. The van der Waals surface area contributed by atoms with Crippen molar-refractivity contribution < 1.29 is 0 Å². The number of nitrogens with one attached hydrogen (secondary N) is 1. The van der Waals surface area contributed by atoms with Gasteiger partial charge < -0.3 is 5.32 Å². The molecule has 1 aromatic heterocycles. The Morgan fingerprint density at radius 3 is 2.65 bits per heavy atom. The van der Waals surface area contributed by atoms with E-state index in [4.69, 9.17) is 0 Å². The minimum absolute atomic E-state index is 0.556. The zero-order valence-corrected chi connectivity index (χ0v) is 11.6. The minimum atomic E-state index is 0.556. The smallest absolute Gasteiger partial charge is 0.0965 e. The summed E-state index contributed by atoms with van der Waals surface area (Å²) in [6, 6.07) is 0.748. The highest BCUT2D eigenvalue weighted by Gasteiger charge is 2.13. The molecule has 0 saturated heterocycles. The first-order chi connectivity index (χ1) is 8.36. The molecule has 1 unspecified atom stereocenters. The van der Waals surface area contributed by atoms with Gasteiger partial charge in [0, 0.05) is 30.1 Å². The molecule has 0 aromatic carbocycles. The zero-order chi connectivity index (χ0) is 11.9. The van der Waals surface area contributed by atoms with Crippen molar-refractivity contribution in [1.82, 2.24) is 10.3 Å². The van der Waals surface area contributed by atoms with Crippen LogP contribution in [0.15, 0.2) is 11.6 Å². The van der Waals surface area contributed by atoms with Gasteiger partial charge in [-0.05, 0) is 12.8 Å². The molecular weight excluding hydrogens is 228 g/mol. The lowest BCUT2D eigenvalue weighted by atomic mass is 9.96. The summed E-state index contributed by atoms with van der Waals surface area (Å²) in [5, 5.41) is 7.08. The van der Waals surface area contributed by atoms with Crippen LogP contribution in [0.25, 0.3) is 0 Å². The van der Waals surface area contributed by atoms with Crippen LogP contribution in [0.5, 0.6) is 0 Å². The van der Waals surface area contributed by atoms with Gasteiger partial charge in [0.1, 0.15) is 0 Å². The molecule has 1 saturated carbocycles. The van der Waals surface area contributed by atoms with E-state index in [9.17, 15) is 0 Å². The van der Waals surface area contributed by atoms with Gasteiger partial charge in [-0.1, -0.05) is 39.0 Å².